The quantitative estimate of drug-likeness (QED) is 0.803. The Hall–Kier alpha value is -1.81. The minimum atomic E-state index is 0.240. The number of H-pyrrole nitrogens is 1. The standard InChI is InChI=1S/C15H21N3O/c1-3-13(15-16-9-10-17-15)18-11-12-7-5-6-8-14(12)19-4-2/h5-10,13,18H,3-4,11H2,1-2H3,(H,16,17). The zero-order valence-corrected chi connectivity index (χ0v) is 11.5. The molecule has 0 fully saturated rings. The van der Waals surface area contributed by atoms with Gasteiger partial charge in [0.05, 0.1) is 12.6 Å². The van der Waals surface area contributed by atoms with Gasteiger partial charge in [0.25, 0.3) is 0 Å². The van der Waals surface area contributed by atoms with Crippen LogP contribution in [0.25, 0.3) is 0 Å². The van der Waals surface area contributed by atoms with Crippen LogP contribution >= 0.6 is 0 Å². The molecule has 4 nitrogen and oxygen atoms in total. The highest BCUT2D eigenvalue weighted by atomic mass is 16.5. The largest absolute Gasteiger partial charge is 0.494 e. The van der Waals surface area contributed by atoms with Crippen molar-refractivity contribution in [2.45, 2.75) is 32.9 Å². The van der Waals surface area contributed by atoms with Gasteiger partial charge in [-0.05, 0) is 19.4 Å². The van der Waals surface area contributed by atoms with Gasteiger partial charge in [0.1, 0.15) is 11.6 Å². The summed E-state index contributed by atoms with van der Waals surface area (Å²) in [6.07, 6.45) is 4.63. The van der Waals surface area contributed by atoms with E-state index >= 15 is 0 Å². The molecule has 0 radical (unpaired) electrons. The summed E-state index contributed by atoms with van der Waals surface area (Å²) >= 11 is 0. The van der Waals surface area contributed by atoms with Crippen molar-refractivity contribution >= 4 is 0 Å². The predicted molar refractivity (Wildman–Crippen MR) is 76.1 cm³/mol. The van der Waals surface area contributed by atoms with Gasteiger partial charge in [0.2, 0.25) is 0 Å². The van der Waals surface area contributed by atoms with E-state index in [4.69, 9.17) is 4.74 Å². The van der Waals surface area contributed by atoms with E-state index < -0.39 is 0 Å². The number of hydrogen-bond acceptors (Lipinski definition) is 3. The van der Waals surface area contributed by atoms with Gasteiger partial charge in [-0.25, -0.2) is 4.98 Å². The minimum absolute atomic E-state index is 0.240. The summed E-state index contributed by atoms with van der Waals surface area (Å²) in [4.78, 5) is 7.47. The zero-order chi connectivity index (χ0) is 13.5. The zero-order valence-electron chi connectivity index (χ0n) is 11.5. The number of nitrogens with one attached hydrogen (secondary N) is 2. The Bertz CT molecular complexity index is 482. The highest BCUT2D eigenvalue weighted by Gasteiger charge is 2.11. The van der Waals surface area contributed by atoms with E-state index in [1.807, 2.05) is 31.3 Å². The molecule has 19 heavy (non-hydrogen) atoms. The molecule has 2 rings (SSSR count). The third kappa shape index (κ3) is 3.58. The first-order chi connectivity index (χ1) is 9.35. The molecule has 1 heterocycles. The molecule has 1 unspecified atom stereocenters. The van der Waals surface area contributed by atoms with Gasteiger partial charge in [0, 0.05) is 24.5 Å². The first kappa shape index (κ1) is 13.6. The van der Waals surface area contributed by atoms with Crippen LogP contribution < -0.4 is 10.1 Å². The smallest absolute Gasteiger partial charge is 0.123 e. The molecular weight excluding hydrogens is 238 g/mol. The van der Waals surface area contributed by atoms with E-state index in [2.05, 4.69) is 28.3 Å². The van der Waals surface area contributed by atoms with Crippen molar-refractivity contribution in [2.75, 3.05) is 6.61 Å². The molecule has 0 saturated carbocycles. The number of nitrogens with zero attached hydrogens (tertiary/aromatic N) is 1. The summed E-state index contributed by atoms with van der Waals surface area (Å²) in [7, 11) is 0. The van der Waals surface area contributed by atoms with Crippen LogP contribution in [-0.2, 0) is 6.54 Å². The van der Waals surface area contributed by atoms with Crippen molar-refractivity contribution in [3.63, 3.8) is 0 Å². The summed E-state index contributed by atoms with van der Waals surface area (Å²) in [5, 5.41) is 3.51. The number of para-hydroxylation sites is 1. The SMILES string of the molecule is CCOc1ccccc1CNC(CC)c1ncc[nH]1. The van der Waals surface area contributed by atoms with Crippen molar-refractivity contribution in [3.8, 4) is 5.75 Å². The highest BCUT2D eigenvalue weighted by Crippen LogP contribution is 2.19. The average Bonchev–Trinajstić information content (AvgIpc) is 2.96. The predicted octanol–water partition coefficient (Wildman–Crippen LogP) is 3.05. The van der Waals surface area contributed by atoms with Gasteiger partial charge in [-0.1, -0.05) is 25.1 Å². The van der Waals surface area contributed by atoms with Gasteiger partial charge in [-0.2, -0.15) is 0 Å². The summed E-state index contributed by atoms with van der Waals surface area (Å²) < 4.78 is 5.63. The van der Waals surface area contributed by atoms with E-state index in [0.29, 0.717) is 6.61 Å². The number of rotatable bonds is 7. The molecule has 0 aliphatic rings. The van der Waals surface area contributed by atoms with Crippen molar-refractivity contribution in [2.24, 2.45) is 0 Å². The lowest BCUT2D eigenvalue weighted by Crippen LogP contribution is -2.21. The van der Waals surface area contributed by atoms with Crippen molar-refractivity contribution < 1.29 is 4.74 Å². The monoisotopic (exact) mass is 259 g/mol. The Morgan fingerprint density at radius 3 is 2.84 bits per heavy atom. The van der Waals surface area contributed by atoms with Crippen LogP contribution in [0.15, 0.2) is 36.7 Å². The van der Waals surface area contributed by atoms with E-state index in [0.717, 1.165) is 24.5 Å². The molecular formula is C15H21N3O. The third-order valence-corrected chi connectivity index (χ3v) is 3.07. The number of aromatic amines is 1. The number of hydrogen-bond donors (Lipinski definition) is 2. The van der Waals surface area contributed by atoms with Crippen molar-refractivity contribution in [1.82, 2.24) is 15.3 Å². The van der Waals surface area contributed by atoms with Crippen LogP contribution in [0.3, 0.4) is 0 Å². The van der Waals surface area contributed by atoms with Crippen LogP contribution in [0.1, 0.15) is 37.7 Å². The Morgan fingerprint density at radius 2 is 2.16 bits per heavy atom. The Morgan fingerprint density at radius 1 is 1.32 bits per heavy atom. The minimum Gasteiger partial charge on any atom is -0.494 e. The lowest BCUT2D eigenvalue weighted by Gasteiger charge is -2.16. The van der Waals surface area contributed by atoms with Crippen LogP contribution in [0, 0.1) is 0 Å². The topological polar surface area (TPSA) is 49.9 Å². The first-order valence-electron chi connectivity index (χ1n) is 6.78. The highest BCUT2D eigenvalue weighted by molar-refractivity contribution is 5.33. The molecule has 0 bridgehead atoms. The maximum absolute atomic E-state index is 5.63. The van der Waals surface area contributed by atoms with Crippen LogP contribution in [-0.4, -0.2) is 16.6 Å². The Labute approximate surface area is 114 Å². The fraction of sp³-hybridized carbons (Fsp3) is 0.400. The third-order valence-electron chi connectivity index (χ3n) is 3.07. The molecule has 1 atom stereocenters. The molecule has 1 aromatic carbocycles. The first-order valence-corrected chi connectivity index (χ1v) is 6.78. The molecule has 0 aliphatic carbocycles. The molecule has 2 aromatic rings. The van der Waals surface area contributed by atoms with Crippen molar-refractivity contribution in [3.05, 3.63) is 48.0 Å². The maximum Gasteiger partial charge on any atom is 0.123 e. The van der Waals surface area contributed by atoms with Gasteiger partial charge in [0.15, 0.2) is 0 Å². The molecule has 1 aromatic heterocycles. The number of aromatic nitrogens is 2. The maximum atomic E-state index is 5.63. The summed E-state index contributed by atoms with van der Waals surface area (Å²) in [6, 6.07) is 8.37. The fourth-order valence-corrected chi connectivity index (χ4v) is 2.08. The molecule has 0 spiro atoms. The summed E-state index contributed by atoms with van der Waals surface area (Å²) in [6.45, 7) is 5.61. The number of ether oxygens (including phenoxy) is 1. The molecule has 0 saturated heterocycles. The molecule has 0 amide bonds. The number of imidazole rings is 1. The lowest BCUT2D eigenvalue weighted by atomic mass is 10.1. The normalized spacial score (nSPS) is 12.3. The Kier molecular flexibility index (Phi) is 4.98. The fourth-order valence-electron chi connectivity index (χ4n) is 2.08. The second-order valence-electron chi connectivity index (χ2n) is 4.36. The molecule has 2 N–H and O–H groups in total. The Balaban J connectivity index is 2.01. The van der Waals surface area contributed by atoms with E-state index in [1.165, 1.54) is 5.56 Å². The van der Waals surface area contributed by atoms with Crippen LogP contribution in [0.2, 0.25) is 0 Å². The van der Waals surface area contributed by atoms with E-state index in [9.17, 15) is 0 Å². The van der Waals surface area contributed by atoms with Gasteiger partial charge in [-0.15, -0.1) is 0 Å². The molecule has 102 valence electrons. The molecule has 4 heteroatoms. The lowest BCUT2D eigenvalue weighted by molar-refractivity contribution is 0.334. The van der Waals surface area contributed by atoms with E-state index in [1.54, 1.807) is 6.20 Å². The second kappa shape index (κ2) is 6.95. The van der Waals surface area contributed by atoms with Gasteiger partial charge < -0.3 is 15.0 Å². The van der Waals surface area contributed by atoms with Gasteiger partial charge in [-0.3, -0.25) is 0 Å². The summed E-state index contributed by atoms with van der Waals surface area (Å²) in [5.74, 6) is 1.93. The second-order valence-corrected chi connectivity index (χ2v) is 4.36. The van der Waals surface area contributed by atoms with E-state index in [-0.39, 0.29) is 6.04 Å². The van der Waals surface area contributed by atoms with Gasteiger partial charge >= 0.3 is 0 Å². The summed E-state index contributed by atoms with van der Waals surface area (Å²) in [5.41, 5.74) is 1.18. The number of benzene rings is 1. The van der Waals surface area contributed by atoms with Crippen LogP contribution in [0.4, 0.5) is 0 Å². The molecule has 0 aliphatic heterocycles. The van der Waals surface area contributed by atoms with Crippen molar-refractivity contribution in [1.29, 1.82) is 0 Å². The van der Waals surface area contributed by atoms with Crippen LogP contribution in [0.5, 0.6) is 5.75 Å². The average molecular weight is 259 g/mol.